The van der Waals surface area contributed by atoms with Crippen LogP contribution in [0.15, 0.2) is 36.5 Å². The smallest absolute Gasteiger partial charge is 0.0166 e. The van der Waals surface area contributed by atoms with Crippen molar-refractivity contribution >= 4 is 0 Å². The van der Waals surface area contributed by atoms with Gasteiger partial charge < -0.3 is 0 Å². The molecule has 1 rings (SSSR count). The minimum absolute atomic E-state index is 1.06. The Bertz CT molecular complexity index is 172. The summed E-state index contributed by atoms with van der Waals surface area (Å²) in [6.45, 7) is 0. The van der Waals surface area contributed by atoms with Crippen LogP contribution in [0.4, 0.5) is 0 Å². The van der Waals surface area contributed by atoms with Gasteiger partial charge in [0, 0.05) is 0 Å². The molecule has 0 heteroatoms. The van der Waals surface area contributed by atoms with E-state index in [2.05, 4.69) is 42.9 Å². The molecule has 1 radical (unpaired) electrons. The molecule has 0 aliphatic heterocycles. The zero-order valence-corrected chi connectivity index (χ0v) is 7.58. The molecular formula is C12H17. The summed E-state index contributed by atoms with van der Waals surface area (Å²) >= 11 is 0. The number of hydrogen-bond donors (Lipinski definition) is 0. The van der Waals surface area contributed by atoms with E-state index in [0.717, 1.165) is 6.42 Å². The summed E-state index contributed by atoms with van der Waals surface area (Å²) in [6.07, 6.45) is 21.5. The van der Waals surface area contributed by atoms with E-state index in [1.165, 1.54) is 25.7 Å². The maximum absolute atomic E-state index is 2.26. The van der Waals surface area contributed by atoms with Gasteiger partial charge in [-0.2, -0.15) is 0 Å². The van der Waals surface area contributed by atoms with E-state index in [0.29, 0.717) is 0 Å². The molecule has 0 saturated heterocycles. The van der Waals surface area contributed by atoms with Crippen molar-refractivity contribution in [1.29, 1.82) is 0 Å². The monoisotopic (exact) mass is 161 g/mol. The maximum Gasteiger partial charge on any atom is -0.0166 e. The van der Waals surface area contributed by atoms with Gasteiger partial charge >= 0.3 is 0 Å². The third-order valence-electron chi connectivity index (χ3n) is 1.92. The zero-order valence-electron chi connectivity index (χ0n) is 7.58. The summed E-state index contributed by atoms with van der Waals surface area (Å²) in [5, 5.41) is 0. The van der Waals surface area contributed by atoms with Gasteiger partial charge in [-0.25, -0.2) is 0 Å². The van der Waals surface area contributed by atoms with Crippen molar-refractivity contribution in [2.24, 2.45) is 0 Å². The minimum Gasteiger partial charge on any atom is -0.0845 e. The Hall–Kier alpha value is -0.780. The Morgan fingerprint density at radius 3 is 2.42 bits per heavy atom. The van der Waals surface area contributed by atoms with Crippen LogP contribution >= 0.6 is 0 Å². The van der Waals surface area contributed by atoms with Gasteiger partial charge in [-0.15, -0.1) is 0 Å². The Labute approximate surface area is 75.7 Å². The molecule has 1 aliphatic rings. The average molecular weight is 161 g/mol. The molecule has 0 fully saturated rings. The van der Waals surface area contributed by atoms with Crippen molar-refractivity contribution in [3.05, 3.63) is 42.9 Å². The lowest BCUT2D eigenvalue weighted by atomic mass is 10.1. The van der Waals surface area contributed by atoms with E-state index in [1.54, 1.807) is 0 Å². The number of rotatable bonds is 0. The van der Waals surface area contributed by atoms with Gasteiger partial charge in [0.1, 0.15) is 0 Å². The Morgan fingerprint density at radius 2 is 1.42 bits per heavy atom. The predicted molar refractivity (Wildman–Crippen MR) is 54.8 cm³/mol. The molecule has 0 N–H and O–H groups in total. The Kier molecular flexibility index (Phi) is 5.35. The van der Waals surface area contributed by atoms with Crippen LogP contribution in [0.1, 0.15) is 32.1 Å². The van der Waals surface area contributed by atoms with Gasteiger partial charge in [0.05, 0.1) is 0 Å². The van der Waals surface area contributed by atoms with Crippen LogP contribution in [-0.4, -0.2) is 0 Å². The van der Waals surface area contributed by atoms with Crippen LogP contribution in [0.3, 0.4) is 0 Å². The van der Waals surface area contributed by atoms with E-state index in [1.807, 2.05) is 0 Å². The van der Waals surface area contributed by atoms with E-state index in [4.69, 9.17) is 0 Å². The third kappa shape index (κ3) is 4.95. The highest BCUT2D eigenvalue weighted by molar-refractivity contribution is 5.06. The Balaban J connectivity index is 2.31. The summed E-state index contributed by atoms with van der Waals surface area (Å²) in [5.74, 6) is 0. The highest BCUT2D eigenvalue weighted by Gasteiger charge is 1.86. The van der Waals surface area contributed by atoms with Gasteiger partial charge in [-0.05, 0) is 32.1 Å². The fourth-order valence-electron chi connectivity index (χ4n) is 1.21. The maximum atomic E-state index is 2.26. The lowest BCUT2D eigenvalue weighted by Crippen LogP contribution is -1.76. The van der Waals surface area contributed by atoms with Crippen molar-refractivity contribution in [3.8, 4) is 0 Å². The predicted octanol–water partition coefficient (Wildman–Crippen LogP) is 3.82. The quantitative estimate of drug-likeness (QED) is 0.506. The van der Waals surface area contributed by atoms with Gasteiger partial charge in [0.15, 0.2) is 0 Å². The normalized spacial score (nSPS) is 20.0. The minimum atomic E-state index is 1.06. The van der Waals surface area contributed by atoms with Gasteiger partial charge in [0.2, 0.25) is 0 Å². The fraction of sp³-hybridized carbons (Fsp3) is 0.417. The summed E-state index contributed by atoms with van der Waals surface area (Å²) < 4.78 is 0. The molecule has 0 aromatic heterocycles. The number of hydrogen-bond acceptors (Lipinski definition) is 0. The van der Waals surface area contributed by atoms with Crippen molar-refractivity contribution in [3.63, 3.8) is 0 Å². The molecule has 12 heavy (non-hydrogen) atoms. The summed E-state index contributed by atoms with van der Waals surface area (Å²) in [4.78, 5) is 0. The topological polar surface area (TPSA) is 0 Å². The fourth-order valence-corrected chi connectivity index (χ4v) is 1.21. The molecule has 0 nitrogen and oxygen atoms in total. The van der Waals surface area contributed by atoms with Crippen LogP contribution in [0.2, 0.25) is 0 Å². The SMILES string of the molecule is [CH]1C=CCC=CC=CCCCC1. The highest BCUT2D eigenvalue weighted by Crippen LogP contribution is 2.05. The molecule has 65 valence electrons. The number of allylic oxidation sites excluding steroid dienone is 6. The lowest BCUT2D eigenvalue weighted by Gasteiger charge is -1.95. The molecule has 0 spiro atoms. The summed E-state index contributed by atoms with van der Waals surface area (Å²) in [7, 11) is 0. The molecule has 0 aromatic rings. The molecule has 0 aromatic carbocycles. The molecule has 0 amide bonds. The van der Waals surface area contributed by atoms with E-state index in [9.17, 15) is 0 Å². The Morgan fingerprint density at radius 1 is 0.667 bits per heavy atom. The van der Waals surface area contributed by atoms with Crippen molar-refractivity contribution in [1.82, 2.24) is 0 Å². The standard InChI is InChI=1S/C12H17/c1-2-4-6-8-10-12-11-9-7-5-3-1/h1-4,7,9,11H,5-6,8,10,12H2. The molecule has 0 saturated carbocycles. The summed E-state index contributed by atoms with van der Waals surface area (Å²) in [6, 6.07) is 0. The average Bonchev–Trinajstić information content (AvgIpc) is 2.05. The first-order chi connectivity index (χ1) is 6.00. The van der Waals surface area contributed by atoms with Crippen LogP contribution < -0.4 is 0 Å². The van der Waals surface area contributed by atoms with E-state index >= 15 is 0 Å². The second-order valence-electron chi connectivity index (χ2n) is 3.04. The molecule has 0 heterocycles. The van der Waals surface area contributed by atoms with Gasteiger partial charge in [0.25, 0.3) is 0 Å². The first kappa shape index (κ1) is 9.31. The van der Waals surface area contributed by atoms with Crippen LogP contribution in [0.5, 0.6) is 0 Å². The third-order valence-corrected chi connectivity index (χ3v) is 1.92. The van der Waals surface area contributed by atoms with Crippen LogP contribution in [0, 0.1) is 6.42 Å². The van der Waals surface area contributed by atoms with Gasteiger partial charge in [-0.3, -0.25) is 0 Å². The van der Waals surface area contributed by atoms with Crippen molar-refractivity contribution < 1.29 is 0 Å². The molecule has 0 bridgehead atoms. The molecule has 0 atom stereocenters. The lowest BCUT2D eigenvalue weighted by molar-refractivity contribution is 0.747. The van der Waals surface area contributed by atoms with Gasteiger partial charge in [-0.1, -0.05) is 42.9 Å². The van der Waals surface area contributed by atoms with E-state index < -0.39 is 0 Å². The van der Waals surface area contributed by atoms with E-state index in [-0.39, 0.29) is 0 Å². The molecule has 0 unspecified atom stereocenters. The molecule has 1 aliphatic carbocycles. The highest BCUT2D eigenvalue weighted by atomic mass is 13.9. The van der Waals surface area contributed by atoms with Crippen molar-refractivity contribution in [2.45, 2.75) is 32.1 Å². The second kappa shape index (κ2) is 6.90. The van der Waals surface area contributed by atoms with Crippen molar-refractivity contribution in [2.75, 3.05) is 0 Å². The first-order valence-electron chi connectivity index (χ1n) is 4.80. The summed E-state index contributed by atoms with van der Waals surface area (Å²) in [5.41, 5.74) is 0. The first-order valence-corrected chi connectivity index (χ1v) is 4.80. The largest absolute Gasteiger partial charge is 0.0845 e. The molecular weight excluding hydrogens is 144 g/mol. The van der Waals surface area contributed by atoms with Crippen LogP contribution in [-0.2, 0) is 0 Å². The second-order valence-corrected chi connectivity index (χ2v) is 3.04. The zero-order chi connectivity index (χ0) is 8.49. The van der Waals surface area contributed by atoms with Crippen LogP contribution in [0.25, 0.3) is 0 Å².